The van der Waals surface area contributed by atoms with Crippen molar-refractivity contribution in [1.29, 1.82) is 0 Å². The summed E-state index contributed by atoms with van der Waals surface area (Å²) in [5.74, 6) is 1.04. The van der Waals surface area contributed by atoms with Gasteiger partial charge in [0, 0.05) is 37.5 Å². The zero-order chi connectivity index (χ0) is 23.1. The first-order valence-electron chi connectivity index (χ1n) is 11.1. The smallest absolute Gasteiger partial charge is 0.226 e. The molecule has 1 amide bonds. The van der Waals surface area contributed by atoms with E-state index >= 15 is 0 Å². The zero-order valence-corrected chi connectivity index (χ0v) is 19.7. The molecule has 1 unspecified atom stereocenters. The summed E-state index contributed by atoms with van der Waals surface area (Å²) in [6, 6.07) is 12.6. The van der Waals surface area contributed by atoms with E-state index in [9.17, 15) is 9.18 Å². The first kappa shape index (κ1) is 24.3. The third-order valence-corrected chi connectivity index (χ3v) is 5.53. The Labute approximate surface area is 194 Å². The number of nitrogens with one attached hydrogen (secondary N) is 1. The lowest BCUT2D eigenvalue weighted by molar-refractivity contribution is -0.136. The maximum Gasteiger partial charge on any atom is 0.226 e. The summed E-state index contributed by atoms with van der Waals surface area (Å²) in [4.78, 5) is 15.0. The van der Waals surface area contributed by atoms with Crippen molar-refractivity contribution < 1.29 is 18.7 Å². The minimum absolute atomic E-state index is 0.0327. The van der Waals surface area contributed by atoms with Crippen LogP contribution in [-0.2, 0) is 11.3 Å². The van der Waals surface area contributed by atoms with Gasteiger partial charge in [0.05, 0.1) is 18.2 Å². The van der Waals surface area contributed by atoms with Gasteiger partial charge >= 0.3 is 0 Å². The summed E-state index contributed by atoms with van der Waals surface area (Å²) in [5.41, 5.74) is 1.43. The van der Waals surface area contributed by atoms with E-state index in [-0.39, 0.29) is 24.3 Å². The molecule has 0 aliphatic carbocycles. The molecule has 174 valence electrons. The molecule has 7 heteroatoms. The monoisotopic (exact) mass is 462 g/mol. The van der Waals surface area contributed by atoms with E-state index in [1.165, 1.54) is 0 Å². The quantitative estimate of drug-likeness (QED) is 0.508. The SMILES string of the molecule is CC(C)CN(Cc1cc(Cl)c2c(c1)OCCCO2)C(=O)[C@H](C)CNC(F)c1ccccc1. The fourth-order valence-electron chi connectivity index (χ4n) is 3.69. The van der Waals surface area contributed by atoms with Crippen LogP contribution in [0, 0.1) is 11.8 Å². The highest BCUT2D eigenvalue weighted by atomic mass is 35.5. The number of hydrogen-bond donors (Lipinski definition) is 1. The summed E-state index contributed by atoms with van der Waals surface area (Å²) in [5, 5.41) is 3.32. The molecule has 0 aromatic heterocycles. The molecule has 0 saturated carbocycles. The van der Waals surface area contributed by atoms with Gasteiger partial charge in [0.25, 0.3) is 0 Å². The number of carbonyl (C=O) groups is 1. The molecule has 0 bridgehead atoms. The Bertz CT molecular complexity index is 894. The maximum absolute atomic E-state index is 14.5. The molecule has 1 aliphatic rings. The third-order valence-electron chi connectivity index (χ3n) is 5.25. The first-order valence-corrected chi connectivity index (χ1v) is 11.5. The number of ether oxygens (including phenoxy) is 2. The Hall–Kier alpha value is -2.31. The number of fused-ring (bicyclic) bond motifs is 1. The largest absolute Gasteiger partial charge is 0.489 e. The second kappa shape index (κ2) is 11.5. The van der Waals surface area contributed by atoms with E-state index in [2.05, 4.69) is 19.2 Å². The minimum Gasteiger partial charge on any atom is -0.489 e. The van der Waals surface area contributed by atoms with Gasteiger partial charge < -0.3 is 14.4 Å². The number of nitrogens with zero attached hydrogens (tertiary/aromatic N) is 1. The van der Waals surface area contributed by atoms with Crippen LogP contribution in [0.1, 0.15) is 44.6 Å². The Kier molecular flexibility index (Phi) is 8.76. The summed E-state index contributed by atoms with van der Waals surface area (Å²) < 4.78 is 26.0. The van der Waals surface area contributed by atoms with Gasteiger partial charge in [-0.05, 0) is 23.6 Å². The predicted octanol–water partition coefficient (Wildman–Crippen LogP) is 5.38. The predicted molar refractivity (Wildman–Crippen MR) is 125 cm³/mol. The Balaban J connectivity index is 1.68. The van der Waals surface area contributed by atoms with Crippen LogP contribution in [0.3, 0.4) is 0 Å². The van der Waals surface area contributed by atoms with Gasteiger partial charge in [-0.3, -0.25) is 10.1 Å². The number of benzene rings is 2. The molecule has 1 aliphatic heterocycles. The molecule has 0 spiro atoms. The molecule has 32 heavy (non-hydrogen) atoms. The summed E-state index contributed by atoms with van der Waals surface area (Å²) in [6.45, 7) is 8.31. The molecule has 3 rings (SSSR count). The lowest BCUT2D eigenvalue weighted by Crippen LogP contribution is -2.40. The summed E-state index contributed by atoms with van der Waals surface area (Å²) in [6.07, 6.45) is -0.521. The summed E-state index contributed by atoms with van der Waals surface area (Å²) in [7, 11) is 0. The van der Waals surface area contributed by atoms with Gasteiger partial charge in [-0.1, -0.05) is 62.7 Å². The minimum atomic E-state index is -1.31. The van der Waals surface area contributed by atoms with E-state index in [1.807, 2.05) is 30.0 Å². The Morgan fingerprint density at radius 1 is 1.16 bits per heavy atom. The van der Waals surface area contributed by atoms with E-state index < -0.39 is 6.30 Å². The van der Waals surface area contributed by atoms with Crippen LogP contribution < -0.4 is 14.8 Å². The lowest BCUT2D eigenvalue weighted by Gasteiger charge is -2.28. The third kappa shape index (κ3) is 6.59. The molecule has 0 fully saturated rings. The van der Waals surface area contributed by atoms with Crippen molar-refractivity contribution in [3.63, 3.8) is 0 Å². The number of hydrogen-bond acceptors (Lipinski definition) is 4. The van der Waals surface area contributed by atoms with Crippen molar-refractivity contribution in [3.8, 4) is 11.5 Å². The van der Waals surface area contributed by atoms with Gasteiger partial charge in [-0.25, -0.2) is 4.39 Å². The van der Waals surface area contributed by atoms with Gasteiger partial charge in [0.2, 0.25) is 5.91 Å². The van der Waals surface area contributed by atoms with Gasteiger partial charge in [-0.2, -0.15) is 0 Å². The lowest BCUT2D eigenvalue weighted by atomic mass is 10.1. The van der Waals surface area contributed by atoms with Crippen molar-refractivity contribution in [1.82, 2.24) is 10.2 Å². The molecule has 0 radical (unpaired) electrons. The van der Waals surface area contributed by atoms with Crippen LogP contribution >= 0.6 is 11.6 Å². The molecule has 5 nitrogen and oxygen atoms in total. The molecule has 1 heterocycles. The molecule has 2 aromatic carbocycles. The van der Waals surface area contributed by atoms with Crippen LogP contribution in [0.4, 0.5) is 4.39 Å². The second-order valence-corrected chi connectivity index (χ2v) is 9.06. The van der Waals surface area contributed by atoms with E-state index in [4.69, 9.17) is 21.1 Å². The highest BCUT2D eigenvalue weighted by Crippen LogP contribution is 2.38. The van der Waals surface area contributed by atoms with E-state index in [0.29, 0.717) is 48.4 Å². The molecule has 2 atom stereocenters. The van der Waals surface area contributed by atoms with E-state index in [0.717, 1.165) is 12.0 Å². The molecule has 1 N–H and O–H groups in total. The van der Waals surface area contributed by atoms with Crippen molar-refractivity contribution >= 4 is 17.5 Å². The average molecular weight is 463 g/mol. The fourth-order valence-corrected chi connectivity index (χ4v) is 3.98. The van der Waals surface area contributed by atoms with Crippen LogP contribution in [0.25, 0.3) is 0 Å². The molecular weight excluding hydrogens is 431 g/mol. The Morgan fingerprint density at radius 3 is 2.59 bits per heavy atom. The average Bonchev–Trinajstić information content (AvgIpc) is 3.02. The van der Waals surface area contributed by atoms with Crippen LogP contribution in [0.15, 0.2) is 42.5 Å². The number of rotatable bonds is 9. The first-order chi connectivity index (χ1) is 15.3. The highest BCUT2D eigenvalue weighted by Gasteiger charge is 2.24. The normalized spacial score (nSPS) is 15.2. The van der Waals surface area contributed by atoms with Crippen molar-refractivity contribution in [2.45, 2.75) is 40.0 Å². The van der Waals surface area contributed by atoms with Gasteiger partial charge in [0.1, 0.15) is 0 Å². The molecular formula is C25H32ClFN2O3. The fraction of sp³-hybridized carbons (Fsp3) is 0.480. The van der Waals surface area contributed by atoms with Gasteiger partial charge in [0.15, 0.2) is 17.8 Å². The van der Waals surface area contributed by atoms with Crippen molar-refractivity contribution in [2.24, 2.45) is 11.8 Å². The number of amides is 1. The number of halogens is 2. The Morgan fingerprint density at radius 2 is 1.88 bits per heavy atom. The van der Waals surface area contributed by atoms with Crippen molar-refractivity contribution in [3.05, 3.63) is 58.6 Å². The highest BCUT2D eigenvalue weighted by molar-refractivity contribution is 6.32. The van der Waals surface area contributed by atoms with Gasteiger partial charge in [-0.15, -0.1) is 0 Å². The van der Waals surface area contributed by atoms with E-state index in [1.54, 1.807) is 24.3 Å². The van der Waals surface area contributed by atoms with Crippen LogP contribution in [0.2, 0.25) is 5.02 Å². The second-order valence-electron chi connectivity index (χ2n) is 8.65. The maximum atomic E-state index is 14.5. The van der Waals surface area contributed by atoms with Crippen molar-refractivity contribution in [2.75, 3.05) is 26.3 Å². The van der Waals surface area contributed by atoms with Crippen LogP contribution in [-0.4, -0.2) is 37.1 Å². The molecule has 2 aromatic rings. The number of alkyl halides is 1. The number of carbonyl (C=O) groups excluding carboxylic acids is 1. The zero-order valence-electron chi connectivity index (χ0n) is 18.9. The van der Waals surface area contributed by atoms with Crippen LogP contribution in [0.5, 0.6) is 11.5 Å². The topological polar surface area (TPSA) is 50.8 Å². The summed E-state index contributed by atoms with van der Waals surface area (Å²) >= 11 is 6.43. The molecule has 0 saturated heterocycles. The standard InChI is InChI=1S/C25H32ClFN2O3/c1-17(2)15-29(16-19-12-21(26)23-22(13-19)31-10-7-11-32-23)25(30)18(3)14-28-24(27)20-8-5-4-6-9-20/h4-6,8-9,12-13,17-18,24,28H,7,10-11,14-16H2,1-3H3/t18-,24?/m1/s1.